The number of hydrogen-bond acceptors (Lipinski definition) is 4. The third-order valence-electron chi connectivity index (χ3n) is 2.89. The lowest BCUT2D eigenvalue weighted by Crippen LogP contribution is -2.22. The summed E-state index contributed by atoms with van der Waals surface area (Å²) in [6.07, 6.45) is 5.52. The number of pyridine rings is 2. The van der Waals surface area contributed by atoms with Gasteiger partial charge in [-0.2, -0.15) is 0 Å². The van der Waals surface area contributed by atoms with Crippen molar-refractivity contribution >= 4 is 5.69 Å². The van der Waals surface area contributed by atoms with Crippen molar-refractivity contribution in [2.24, 2.45) is 5.73 Å². The Hall–Kier alpha value is -1.94. The van der Waals surface area contributed by atoms with Crippen molar-refractivity contribution < 1.29 is 0 Å². The van der Waals surface area contributed by atoms with Crippen LogP contribution in [0.15, 0.2) is 42.9 Å². The van der Waals surface area contributed by atoms with Crippen molar-refractivity contribution in [2.75, 3.05) is 11.4 Å². The predicted octanol–water partition coefficient (Wildman–Crippen LogP) is 1.96. The highest BCUT2D eigenvalue weighted by atomic mass is 15.1. The van der Waals surface area contributed by atoms with E-state index < -0.39 is 0 Å². The fraction of sp³-hybridized carbons (Fsp3) is 0.286. The van der Waals surface area contributed by atoms with Crippen LogP contribution in [0.2, 0.25) is 0 Å². The number of nitrogens with zero attached hydrogens (tertiary/aromatic N) is 3. The minimum Gasteiger partial charge on any atom is -0.366 e. The standard InChI is InChI=1S/C14H18N4/c1-2-18(11-12-5-7-16-8-6-12)14-4-3-13(9-15)17-10-14/h3-8,10H,2,9,11,15H2,1H3. The molecule has 0 aromatic carbocycles. The zero-order valence-electron chi connectivity index (χ0n) is 10.6. The molecule has 0 spiro atoms. The molecule has 0 bridgehead atoms. The third kappa shape index (κ3) is 3.05. The molecule has 0 aliphatic carbocycles. The fourth-order valence-electron chi connectivity index (χ4n) is 1.82. The molecule has 0 amide bonds. The van der Waals surface area contributed by atoms with E-state index in [0.717, 1.165) is 24.5 Å². The van der Waals surface area contributed by atoms with Crippen LogP contribution in [0.4, 0.5) is 5.69 Å². The van der Waals surface area contributed by atoms with Gasteiger partial charge >= 0.3 is 0 Å². The quantitative estimate of drug-likeness (QED) is 0.870. The van der Waals surface area contributed by atoms with Crippen molar-refractivity contribution in [3.05, 3.63) is 54.1 Å². The molecule has 2 heterocycles. The SMILES string of the molecule is CCN(Cc1ccncc1)c1ccc(CN)nc1. The number of nitrogens with two attached hydrogens (primary N) is 1. The van der Waals surface area contributed by atoms with Crippen molar-refractivity contribution in [2.45, 2.75) is 20.0 Å². The second-order valence-electron chi connectivity index (χ2n) is 4.08. The Morgan fingerprint density at radius 3 is 2.50 bits per heavy atom. The Morgan fingerprint density at radius 2 is 1.94 bits per heavy atom. The normalized spacial score (nSPS) is 10.3. The molecule has 2 aromatic rings. The Kier molecular flexibility index (Phi) is 4.25. The molecular weight excluding hydrogens is 224 g/mol. The van der Waals surface area contributed by atoms with Gasteiger partial charge in [0, 0.05) is 32.0 Å². The Bertz CT molecular complexity index is 467. The molecule has 18 heavy (non-hydrogen) atoms. The fourth-order valence-corrected chi connectivity index (χ4v) is 1.82. The van der Waals surface area contributed by atoms with Gasteiger partial charge in [0.2, 0.25) is 0 Å². The van der Waals surface area contributed by atoms with E-state index >= 15 is 0 Å². The van der Waals surface area contributed by atoms with Crippen molar-refractivity contribution in [3.63, 3.8) is 0 Å². The van der Waals surface area contributed by atoms with Gasteiger partial charge in [-0.15, -0.1) is 0 Å². The topological polar surface area (TPSA) is 55.0 Å². The molecule has 0 saturated heterocycles. The minimum absolute atomic E-state index is 0.483. The molecule has 0 atom stereocenters. The molecule has 0 aliphatic heterocycles. The van der Waals surface area contributed by atoms with Crippen LogP contribution in [0.5, 0.6) is 0 Å². The number of rotatable bonds is 5. The number of hydrogen-bond donors (Lipinski definition) is 1. The Morgan fingerprint density at radius 1 is 1.17 bits per heavy atom. The van der Waals surface area contributed by atoms with E-state index in [1.807, 2.05) is 36.8 Å². The average molecular weight is 242 g/mol. The molecule has 0 unspecified atom stereocenters. The lowest BCUT2D eigenvalue weighted by atomic mass is 10.2. The first-order valence-electron chi connectivity index (χ1n) is 6.12. The van der Waals surface area contributed by atoms with E-state index in [4.69, 9.17) is 5.73 Å². The van der Waals surface area contributed by atoms with Gasteiger partial charge in [0.15, 0.2) is 0 Å². The van der Waals surface area contributed by atoms with E-state index in [2.05, 4.69) is 27.9 Å². The molecule has 0 fully saturated rings. The Balaban J connectivity index is 2.12. The van der Waals surface area contributed by atoms with Crippen LogP contribution < -0.4 is 10.6 Å². The summed E-state index contributed by atoms with van der Waals surface area (Å²) in [5.41, 5.74) is 8.83. The van der Waals surface area contributed by atoms with Gasteiger partial charge in [0.05, 0.1) is 17.6 Å². The van der Waals surface area contributed by atoms with Gasteiger partial charge in [-0.25, -0.2) is 0 Å². The summed E-state index contributed by atoms with van der Waals surface area (Å²) >= 11 is 0. The molecule has 2 N–H and O–H groups in total. The summed E-state index contributed by atoms with van der Waals surface area (Å²) in [4.78, 5) is 10.6. The molecule has 2 aromatic heterocycles. The summed E-state index contributed by atoms with van der Waals surface area (Å²) in [6, 6.07) is 8.11. The highest BCUT2D eigenvalue weighted by Crippen LogP contribution is 2.15. The van der Waals surface area contributed by atoms with E-state index in [9.17, 15) is 0 Å². The van der Waals surface area contributed by atoms with Gasteiger partial charge < -0.3 is 10.6 Å². The second kappa shape index (κ2) is 6.12. The van der Waals surface area contributed by atoms with E-state index in [0.29, 0.717) is 6.54 Å². The van der Waals surface area contributed by atoms with Crippen LogP contribution in [0, 0.1) is 0 Å². The maximum absolute atomic E-state index is 5.55. The van der Waals surface area contributed by atoms with Gasteiger partial charge in [0.25, 0.3) is 0 Å². The summed E-state index contributed by atoms with van der Waals surface area (Å²) in [7, 11) is 0. The van der Waals surface area contributed by atoms with E-state index in [-0.39, 0.29) is 0 Å². The first kappa shape index (κ1) is 12.5. The monoisotopic (exact) mass is 242 g/mol. The summed E-state index contributed by atoms with van der Waals surface area (Å²) in [5.74, 6) is 0. The van der Waals surface area contributed by atoms with Crippen LogP contribution >= 0.6 is 0 Å². The van der Waals surface area contributed by atoms with Gasteiger partial charge in [0.1, 0.15) is 0 Å². The lowest BCUT2D eigenvalue weighted by molar-refractivity contribution is 0.824. The molecule has 0 radical (unpaired) electrons. The van der Waals surface area contributed by atoms with E-state index in [1.54, 1.807) is 0 Å². The highest BCUT2D eigenvalue weighted by molar-refractivity contribution is 5.45. The zero-order valence-corrected chi connectivity index (χ0v) is 10.6. The average Bonchev–Trinajstić information content (AvgIpc) is 2.46. The third-order valence-corrected chi connectivity index (χ3v) is 2.89. The molecular formula is C14H18N4. The first-order chi connectivity index (χ1) is 8.83. The molecule has 94 valence electrons. The van der Waals surface area contributed by atoms with Gasteiger partial charge in [-0.1, -0.05) is 0 Å². The Labute approximate surface area is 107 Å². The molecule has 4 heteroatoms. The van der Waals surface area contributed by atoms with Crippen LogP contribution in [0.25, 0.3) is 0 Å². The predicted molar refractivity (Wildman–Crippen MR) is 73.1 cm³/mol. The first-order valence-corrected chi connectivity index (χ1v) is 6.12. The molecule has 4 nitrogen and oxygen atoms in total. The summed E-state index contributed by atoms with van der Waals surface area (Å²) in [6.45, 7) is 4.42. The summed E-state index contributed by atoms with van der Waals surface area (Å²) < 4.78 is 0. The lowest BCUT2D eigenvalue weighted by Gasteiger charge is -2.22. The zero-order chi connectivity index (χ0) is 12.8. The maximum atomic E-state index is 5.55. The maximum Gasteiger partial charge on any atom is 0.0555 e. The molecule has 0 saturated carbocycles. The van der Waals surface area contributed by atoms with Crippen molar-refractivity contribution in [1.82, 2.24) is 9.97 Å². The van der Waals surface area contributed by atoms with E-state index in [1.165, 1.54) is 5.56 Å². The highest BCUT2D eigenvalue weighted by Gasteiger charge is 2.05. The van der Waals surface area contributed by atoms with Crippen LogP contribution in [0.3, 0.4) is 0 Å². The number of aromatic nitrogens is 2. The smallest absolute Gasteiger partial charge is 0.0555 e. The van der Waals surface area contributed by atoms with Crippen molar-refractivity contribution in [3.8, 4) is 0 Å². The molecule has 2 rings (SSSR count). The summed E-state index contributed by atoms with van der Waals surface area (Å²) in [5, 5.41) is 0. The van der Waals surface area contributed by atoms with Gasteiger partial charge in [-0.3, -0.25) is 9.97 Å². The minimum atomic E-state index is 0.483. The van der Waals surface area contributed by atoms with Crippen molar-refractivity contribution in [1.29, 1.82) is 0 Å². The molecule has 0 aliphatic rings. The van der Waals surface area contributed by atoms with Crippen LogP contribution in [-0.4, -0.2) is 16.5 Å². The largest absolute Gasteiger partial charge is 0.366 e. The second-order valence-corrected chi connectivity index (χ2v) is 4.08. The van der Waals surface area contributed by atoms with Crippen LogP contribution in [-0.2, 0) is 13.1 Å². The number of anilines is 1. The van der Waals surface area contributed by atoms with Crippen LogP contribution in [0.1, 0.15) is 18.2 Å². The van der Waals surface area contributed by atoms with Gasteiger partial charge in [-0.05, 0) is 36.8 Å².